The second-order valence-corrected chi connectivity index (χ2v) is 22.4. The van der Waals surface area contributed by atoms with Crippen molar-refractivity contribution in [2.75, 3.05) is 13.2 Å². The molecule has 1 rings (SSSR count). The molecular formula is C71H118O12. The summed E-state index contributed by atoms with van der Waals surface area (Å²) < 4.78 is 28.5. The summed E-state index contributed by atoms with van der Waals surface area (Å²) in [6, 6.07) is 0. The number of carbonyl (C=O) groups excluding carboxylic acids is 3. The lowest BCUT2D eigenvalue weighted by Gasteiger charge is -2.40. The van der Waals surface area contributed by atoms with E-state index in [9.17, 15) is 34.5 Å². The van der Waals surface area contributed by atoms with Crippen molar-refractivity contribution in [3.05, 3.63) is 97.2 Å². The van der Waals surface area contributed by atoms with Crippen molar-refractivity contribution in [1.29, 1.82) is 0 Å². The van der Waals surface area contributed by atoms with E-state index in [0.29, 0.717) is 19.3 Å². The molecule has 1 saturated heterocycles. The SMILES string of the molecule is CCCCC/C=C\C/C=C\C/C=C\CCCCCCCCC(=O)OCC(COC1OC(C(=O)O)C(O)C(O)C1OC(=O)CCCCCCC/C=C\C/C=C\CCCCC)OC(=O)CCCCCCCC/C=C\C/C=C\C/C=C\CCCCC. The molecule has 0 aliphatic carbocycles. The molecular weight excluding hydrogens is 1040 g/mol. The third-order valence-corrected chi connectivity index (χ3v) is 14.6. The number of allylic oxidation sites excluding steroid dienone is 16. The normalized spacial score (nSPS) is 18.2. The Morgan fingerprint density at radius 2 is 0.723 bits per heavy atom. The van der Waals surface area contributed by atoms with Crippen LogP contribution in [0.1, 0.15) is 278 Å². The highest BCUT2D eigenvalue weighted by Gasteiger charge is 2.50. The number of aliphatic hydroxyl groups is 2. The average molecular weight is 1160 g/mol. The van der Waals surface area contributed by atoms with E-state index in [1.807, 2.05) is 0 Å². The molecule has 1 fully saturated rings. The standard InChI is InChI=1S/C71H118O12/c1-4-7-10-13-16-19-22-25-28-30-32-34-37-39-42-45-48-51-54-57-63(72)79-60-62(81-64(73)58-55-52-49-46-43-41-38-35-33-31-29-26-23-20-17-14-11-8-5-2)61-80-71-69(67(76)66(75)68(83-71)70(77)78)82-65(74)59-56-53-50-47-44-40-36-27-24-21-18-15-12-9-6-3/h16-21,25-29,32-36,62,66-69,71,75-76H,4-15,22-24,30-31,37-61H2,1-3H3,(H,77,78)/b19-16-,20-17-,21-18-,28-25-,29-26-,34-32-,35-33-,36-27-. The predicted octanol–water partition coefficient (Wildman–Crippen LogP) is 18.0. The van der Waals surface area contributed by atoms with E-state index in [4.69, 9.17) is 23.7 Å². The second kappa shape index (κ2) is 58.0. The molecule has 0 aromatic rings. The predicted molar refractivity (Wildman–Crippen MR) is 340 cm³/mol. The number of carbonyl (C=O) groups is 4. The quantitative estimate of drug-likeness (QED) is 0.0228. The van der Waals surface area contributed by atoms with Crippen LogP contribution in [0.15, 0.2) is 97.2 Å². The lowest BCUT2D eigenvalue weighted by Crippen LogP contribution is -2.61. The smallest absolute Gasteiger partial charge is 0.335 e. The molecule has 1 aliphatic rings. The fourth-order valence-electron chi connectivity index (χ4n) is 9.47. The number of unbranched alkanes of at least 4 members (excludes halogenated alkanes) is 26. The number of ether oxygens (including phenoxy) is 5. The third kappa shape index (κ3) is 47.6. The number of aliphatic carboxylic acids is 1. The molecule has 0 bridgehead atoms. The van der Waals surface area contributed by atoms with Gasteiger partial charge in [-0.1, -0.05) is 227 Å². The molecule has 0 aromatic heterocycles. The Labute approximate surface area is 504 Å². The van der Waals surface area contributed by atoms with Crippen molar-refractivity contribution in [3.8, 4) is 0 Å². The lowest BCUT2D eigenvalue weighted by molar-refractivity contribution is -0.301. The Hall–Kier alpha value is -4.36. The van der Waals surface area contributed by atoms with Crippen molar-refractivity contribution in [2.24, 2.45) is 0 Å². The summed E-state index contributed by atoms with van der Waals surface area (Å²) in [5.74, 6) is -3.17. The van der Waals surface area contributed by atoms with Crippen LogP contribution in [0.3, 0.4) is 0 Å². The van der Waals surface area contributed by atoms with E-state index in [0.717, 1.165) is 148 Å². The van der Waals surface area contributed by atoms with E-state index in [-0.39, 0.29) is 25.9 Å². The van der Waals surface area contributed by atoms with E-state index < -0.39 is 67.3 Å². The zero-order chi connectivity index (χ0) is 60.3. The van der Waals surface area contributed by atoms with Gasteiger partial charge in [0.15, 0.2) is 24.6 Å². The first-order valence-corrected chi connectivity index (χ1v) is 33.2. The minimum Gasteiger partial charge on any atom is -0.479 e. The molecule has 3 N–H and O–H groups in total. The van der Waals surface area contributed by atoms with E-state index in [1.165, 1.54) is 70.6 Å². The molecule has 83 heavy (non-hydrogen) atoms. The molecule has 0 spiro atoms. The maximum absolute atomic E-state index is 13.2. The first-order chi connectivity index (χ1) is 40.6. The molecule has 1 aliphatic heterocycles. The van der Waals surface area contributed by atoms with Crippen LogP contribution >= 0.6 is 0 Å². The Kier molecular flexibility index (Phi) is 53.6. The van der Waals surface area contributed by atoms with Crippen molar-refractivity contribution in [2.45, 2.75) is 314 Å². The summed E-state index contributed by atoms with van der Waals surface area (Å²) in [6.45, 7) is 5.91. The van der Waals surface area contributed by atoms with Gasteiger partial charge < -0.3 is 39.0 Å². The molecule has 12 heteroatoms. The highest BCUT2D eigenvalue weighted by molar-refractivity contribution is 5.74. The summed E-state index contributed by atoms with van der Waals surface area (Å²) >= 11 is 0. The molecule has 12 nitrogen and oxygen atoms in total. The topological polar surface area (TPSA) is 175 Å². The highest BCUT2D eigenvalue weighted by atomic mass is 16.7. The molecule has 0 saturated carbocycles. The first-order valence-electron chi connectivity index (χ1n) is 33.2. The zero-order valence-corrected chi connectivity index (χ0v) is 52.4. The minimum atomic E-state index is -1.92. The van der Waals surface area contributed by atoms with Crippen LogP contribution in [-0.2, 0) is 42.9 Å². The van der Waals surface area contributed by atoms with Crippen molar-refractivity contribution in [1.82, 2.24) is 0 Å². The van der Waals surface area contributed by atoms with Crippen molar-refractivity contribution >= 4 is 23.9 Å². The van der Waals surface area contributed by atoms with Gasteiger partial charge >= 0.3 is 23.9 Å². The van der Waals surface area contributed by atoms with Crippen molar-refractivity contribution < 1.29 is 58.2 Å². The zero-order valence-electron chi connectivity index (χ0n) is 52.4. The largest absolute Gasteiger partial charge is 0.479 e. The number of rotatable bonds is 56. The summed E-state index contributed by atoms with van der Waals surface area (Å²) in [4.78, 5) is 51.4. The van der Waals surface area contributed by atoms with Crippen LogP contribution in [-0.4, -0.2) is 89.2 Å². The molecule has 0 aromatic carbocycles. The summed E-state index contributed by atoms with van der Waals surface area (Å²) in [7, 11) is 0. The summed E-state index contributed by atoms with van der Waals surface area (Å²) in [6.07, 6.45) is 64.9. The maximum atomic E-state index is 13.2. The molecule has 0 radical (unpaired) electrons. The van der Waals surface area contributed by atoms with Gasteiger partial charge in [-0.15, -0.1) is 0 Å². The van der Waals surface area contributed by atoms with Crippen LogP contribution in [0, 0.1) is 0 Å². The second-order valence-electron chi connectivity index (χ2n) is 22.4. The summed E-state index contributed by atoms with van der Waals surface area (Å²) in [5, 5.41) is 31.6. The van der Waals surface area contributed by atoms with Gasteiger partial charge in [0.2, 0.25) is 0 Å². The van der Waals surface area contributed by atoms with Gasteiger partial charge in [0, 0.05) is 19.3 Å². The third-order valence-electron chi connectivity index (χ3n) is 14.6. The number of aliphatic hydroxyl groups excluding tert-OH is 2. The Bertz CT molecular complexity index is 1810. The number of esters is 3. The van der Waals surface area contributed by atoms with Gasteiger partial charge in [0.25, 0.3) is 0 Å². The van der Waals surface area contributed by atoms with Gasteiger partial charge in [-0.05, 0) is 128 Å². The van der Waals surface area contributed by atoms with Crippen LogP contribution < -0.4 is 0 Å². The van der Waals surface area contributed by atoms with Gasteiger partial charge in [-0.2, -0.15) is 0 Å². The number of hydrogen-bond acceptors (Lipinski definition) is 11. The Morgan fingerprint density at radius 1 is 0.398 bits per heavy atom. The van der Waals surface area contributed by atoms with Crippen molar-refractivity contribution in [3.63, 3.8) is 0 Å². The van der Waals surface area contributed by atoms with Gasteiger partial charge in [-0.3, -0.25) is 14.4 Å². The monoisotopic (exact) mass is 1160 g/mol. The van der Waals surface area contributed by atoms with Crippen LogP contribution in [0.2, 0.25) is 0 Å². The van der Waals surface area contributed by atoms with Crippen LogP contribution in [0.5, 0.6) is 0 Å². The van der Waals surface area contributed by atoms with Crippen LogP contribution in [0.4, 0.5) is 0 Å². The fourth-order valence-corrected chi connectivity index (χ4v) is 9.47. The average Bonchev–Trinajstić information content (AvgIpc) is 3.58. The maximum Gasteiger partial charge on any atom is 0.335 e. The van der Waals surface area contributed by atoms with Gasteiger partial charge in [0.05, 0.1) is 6.61 Å². The molecule has 6 atom stereocenters. The Morgan fingerprint density at radius 3 is 1.10 bits per heavy atom. The molecule has 6 unspecified atom stereocenters. The van der Waals surface area contributed by atoms with Gasteiger partial charge in [0.1, 0.15) is 18.8 Å². The number of hydrogen-bond donors (Lipinski definition) is 3. The van der Waals surface area contributed by atoms with E-state index >= 15 is 0 Å². The molecule has 474 valence electrons. The fraction of sp³-hybridized carbons (Fsp3) is 0.718. The van der Waals surface area contributed by atoms with Gasteiger partial charge in [-0.25, -0.2) is 4.79 Å². The minimum absolute atomic E-state index is 0.0379. The molecule has 0 amide bonds. The molecule has 1 heterocycles. The first kappa shape index (κ1) is 76.7. The Balaban J connectivity index is 2.69. The number of carboxylic acids is 1. The lowest BCUT2D eigenvalue weighted by atomic mass is 9.98. The number of carboxylic acid groups (broad SMARTS) is 1. The summed E-state index contributed by atoms with van der Waals surface area (Å²) in [5.41, 5.74) is 0. The van der Waals surface area contributed by atoms with E-state index in [2.05, 4.69) is 118 Å². The van der Waals surface area contributed by atoms with E-state index in [1.54, 1.807) is 0 Å². The highest BCUT2D eigenvalue weighted by Crippen LogP contribution is 2.26. The van der Waals surface area contributed by atoms with Crippen LogP contribution in [0.25, 0.3) is 0 Å².